The van der Waals surface area contributed by atoms with Crippen LogP contribution in [-0.4, -0.2) is 29.2 Å². The number of aryl methyl sites for hydroxylation is 1. The molecule has 3 aromatic heterocycles. The predicted octanol–water partition coefficient (Wildman–Crippen LogP) is 2.60. The minimum Gasteiger partial charge on any atom is -0.493 e. The number of hydrogen-bond donors (Lipinski definition) is 3. The molecule has 3 N–H and O–H groups in total. The summed E-state index contributed by atoms with van der Waals surface area (Å²) in [6.45, 7) is 2.17. The van der Waals surface area contributed by atoms with Gasteiger partial charge in [0.05, 0.1) is 5.52 Å². The van der Waals surface area contributed by atoms with E-state index in [0.717, 1.165) is 5.52 Å². The SMILES string of the molecule is CC=CCn1c(N=Nc2c(O)[nH]c3ccccc23)nc2c1c(=O)[nH]c(=O)n2C. The molecule has 142 valence electrons. The second-order valence-electron chi connectivity index (χ2n) is 6.15. The smallest absolute Gasteiger partial charge is 0.329 e. The van der Waals surface area contributed by atoms with E-state index in [9.17, 15) is 14.7 Å². The van der Waals surface area contributed by atoms with Gasteiger partial charge in [0.2, 0.25) is 5.88 Å². The van der Waals surface area contributed by atoms with E-state index in [1.54, 1.807) is 10.6 Å². The molecule has 0 aliphatic rings. The molecule has 4 rings (SSSR count). The predicted molar refractivity (Wildman–Crippen MR) is 105 cm³/mol. The van der Waals surface area contributed by atoms with Gasteiger partial charge in [-0.05, 0) is 13.0 Å². The number of azo groups is 1. The molecule has 0 spiro atoms. The van der Waals surface area contributed by atoms with Crippen molar-refractivity contribution in [2.45, 2.75) is 13.5 Å². The van der Waals surface area contributed by atoms with Crippen molar-refractivity contribution in [2.75, 3.05) is 0 Å². The maximum atomic E-state index is 12.3. The van der Waals surface area contributed by atoms with Crippen LogP contribution in [0.15, 0.2) is 56.2 Å². The second-order valence-corrected chi connectivity index (χ2v) is 6.15. The Morgan fingerprint density at radius 1 is 1.21 bits per heavy atom. The van der Waals surface area contributed by atoms with Gasteiger partial charge in [0.15, 0.2) is 16.9 Å². The van der Waals surface area contributed by atoms with Crippen LogP contribution in [0.25, 0.3) is 22.1 Å². The standard InChI is InChI=1S/C18H17N7O3/c1-3-4-9-25-13-14(24(2)18(28)21-16(13)27)20-17(25)23-22-12-10-7-5-6-8-11(10)19-15(12)26/h3-8,19,26H,9H2,1-2H3,(H,21,27,28). The van der Waals surface area contributed by atoms with E-state index in [-0.39, 0.29) is 28.7 Å². The van der Waals surface area contributed by atoms with Gasteiger partial charge in [0.1, 0.15) is 0 Å². The van der Waals surface area contributed by atoms with Gasteiger partial charge in [0.25, 0.3) is 11.5 Å². The molecule has 10 nitrogen and oxygen atoms in total. The summed E-state index contributed by atoms with van der Waals surface area (Å²) in [6, 6.07) is 7.27. The lowest BCUT2D eigenvalue weighted by Crippen LogP contribution is -2.29. The van der Waals surface area contributed by atoms with Gasteiger partial charge in [-0.3, -0.25) is 18.9 Å². The van der Waals surface area contributed by atoms with Crippen LogP contribution in [0.5, 0.6) is 5.88 Å². The number of aromatic nitrogens is 5. The van der Waals surface area contributed by atoms with Crippen LogP contribution < -0.4 is 11.2 Å². The first kappa shape index (κ1) is 17.5. The number of nitrogens with one attached hydrogen (secondary N) is 2. The van der Waals surface area contributed by atoms with Crippen molar-refractivity contribution in [3.63, 3.8) is 0 Å². The average molecular weight is 379 g/mol. The number of rotatable bonds is 4. The first-order valence-electron chi connectivity index (χ1n) is 8.53. The Morgan fingerprint density at radius 3 is 2.79 bits per heavy atom. The molecular weight excluding hydrogens is 362 g/mol. The Balaban J connectivity index is 1.92. The summed E-state index contributed by atoms with van der Waals surface area (Å²) in [4.78, 5) is 33.6. The van der Waals surface area contributed by atoms with Gasteiger partial charge in [-0.15, -0.1) is 10.2 Å². The molecule has 0 unspecified atom stereocenters. The number of fused-ring (bicyclic) bond motifs is 2. The quantitative estimate of drug-likeness (QED) is 0.371. The highest BCUT2D eigenvalue weighted by molar-refractivity contribution is 5.94. The van der Waals surface area contributed by atoms with Crippen molar-refractivity contribution >= 4 is 33.7 Å². The maximum absolute atomic E-state index is 12.3. The number of hydrogen-bond acceptors (Lipinski definition) is 6. The molecule has 0 atom stereocenters. The first-order chi connectivity index (χ1) is 13.5. The van der Waals surface area contributed by atoms with Crippen LogP contribution in [0, 0.1) is 0 Å². The monoisotopic (exact) mass is 379 g/mol. The lowest BCUT2D eigenvalue weighted by molar-refractivity contribution is 0.459. The molecule has 10 heteroatoms. The fourth-order valence-corrected chi connectivity index (χ4v) is 2.99. The molecule has 28 heavy (non-hydrogen) atoms. The third-order valence-corrected chi connectivity index (χ3v) is 4.41. The number of benzene rings is 1. The normalized spacial score (nSPS) is 12.2. The van der Waals surface area contributed by atoms with E-state index >= 15 is 0 Å². The Kier molecular flexibility index (Phi) is 4.15. The summed E-state index contributed by atoms with van der Waals surface area (Å²) < 4.78 is 2.80. The van der Waals surface area contributed by atoms with Gasteiger partial charge < -0.3 is 10.1 Å². The number of aromatic amines is 2. The minimum atomic E-state index is -0.564. The highest BCUT2D eigenvalue weighted by Gasteiger charge is 2.17. The third kappa shape index (κ3) is 2.71. The van der Waals surface area contributed by atoms with E-state index in [4.69, 9.17) is 0 Å². The summed E-state index contributed by atoms with van der Waals surface area (Å²) >= 11 is 0. The van der Waals surface area contributed by atoms with Gasteiger partial charge in [0, 0.05) is 19.0 Å². The maximum Gasteiger partial charge on any atom is 0.329 e. The molecule has 0 radical (unpaired) electrons. The summed E-state index contributed by atoms with van der Waals surface area (Å²) in [7, 11) is 1.51. The minimum absolute atomic E-state index is 0.119. The van der Waals surface area contributed by atoms with Crippen LogP contribution >= 0.6 is 0 Å². The number of allylic oxidation sites excluding steroid dienone is 2. The largest absolute Gasteiger partial charge is 0.493 e. The number of imidazole rings is 1. The topological polar surface area (TPSA) is 133 Å². The highest BCUT2D eigenvalue weighted by Crippen LogP contribution is 2.36. The lowest BCUT2D eigenvalue weighted by atomic mass is 10.2. The Bertz CT molecular complexity index is 1370. The molecule has 0 aliphatic heterocycles. The van der Waals surface area contributed by atoms with Crippen molar-refractivity contribution in [3.05, 3.63) is 57.3 Å². The summed E-state index contributed by atoms with van der Waals surface area (Å²) in [5, 5.41) is 19.1. The zero-order chi connectivity index (χ0) is 19.8. The van der Waals surface area contributed by atoms with Crippen LogP contribution in [-0.2, 0) is 13.6 Å². The van der Waals surface area contributed by atoms with Gasteiger partial charge in [-0.25, -0.2) is 4.79 Å². The van der Waals surface area contributed by atoms with E-state index in [1.165, 1.54) is 11.6 Å². The Labute approximate surface area is 157 Å². The third-order valence-electron chi connectivity index (χ3n) is 4.41. The Morgan fingerprint density at radius 2 is 2.00 bits per heavy atom. The number of para-hydroxylation sites is 1. The zero-order valence-electron chi connectivity index (χ0n) is 15.2. The Hall–Kier alpha value is -3.95. The zero-order valence-corrected chi connectivity index (χ0v) is 15.2. The molecule has 0 amide bonds. The van der Waals surface area contributed by atoms with Crippen LogP contribution in [0.1, 0.15) is 6.92 Å². The van der Waals surface area contributed by atoms with E-state index in [1.807, 2.05) is 37.3 Å². The molecule has 1 aromatic carbocycles. The molecule has 0 bridgehead atoms. The van der Waals surface area contributed by atoms with Gasteiger partial charge in [-0.1, -0.05) is 30.4 Å². The molecule has 0 saturated heterocycles. The van der Waals surface area contributed by atoms with Crippen LogP contribution in [0.4, 0.5) is 11.6 Å². The molecule has 4 aromatic rings. The van der Waals surface area contributed by atoms with Crippen molar-refractivity contribution in [1.82, 2.24) is 24.1 Å². The van der Waals surface area contributed by atoms with Crippen molar-refractivity contribution in [2.24, 2.45) is 17.3 Å². The molecule has 0 fully saturated rings. The van der Waals surface area contributed by atoms with E-state index in [0.29, 0.717) is 11.9 Å². The molecule has 3 heterocycles. The first-order valence-corrected chi connectivity index (χ1v) is 8.53. The molecule has 0 saturated carbocycles. The fourth-order valence-electron chi connectivity index (χ4n) is 2.99. The van der Waals surface area contributed by atoms with Crippen LogP contribution in [0.2, 0.25) is 0 Å². The summed E-state index contributed by atoms with van der Waals surface area (Å²) in [5.41, 5.74) is 0.295. The average Bonchev–Trinajstić information content (AvgIpc) is 3.20. The van der Waals surface area contributed by atoms with Crippen molar-refractivity contribution in [1.29, 1.82) is 0 Å². The van der Waals surface area contributed by atoms with E-state index < -0.39 is 11.2 Å². The second kappa shape index (κ2) is 6.65. The lowest BCUT2D eigenvalue weighted by Gasteiger charge is -2.02. The number of nitrogens with zero attached hydrogens (tertiary/aromatic N) is 5. The van der Waals surface area contributed by atoms with Gasteiger partial charge >= 0.3 is 5.69 Å². The van der Waals surface area contributed by atoms with Crippen LogP contribution in [0.3, 0.4) is 0 Å². The number of H-pyrrole nitrogens is 2. The summed E-state index contributed by atoms with van der Waals surface area (Å²) in [5.74, 6) is 0.0239. The molecule has 0 aliphatic carbocycles. The molecular formula is C18H17N7O3. The van der Waals surface area contributed by atoms with Gasteiger partial charge in [-0.2, -0.15) is 4.98 Å². The van der Waals surface area contributed by atoms with Crippen molar-refractivity contribution < 1.29 is 5.11 Å². The number of aromatic hydroxyl groups is 1. The fraction of sp³-hybridized carbons (Fsp3) is 0.167. The van der Waals surface area contributed by atoms with E-state index in [2.05, 4.69) is 25.2 Å². The highest BCUT2D eigenvalue weighted by atomic mass is 16.3. The summed E-state index contributed by atoms with van der Waals surface area (Å²) in [6.07, 6.45) is 3.66. The van der Waals surface area contributed by atoms with Crippen molar-refractivity contribution in [3.8, 4) is 5.88 Å².